The Hall–Kier alpha value is -3.34. The zero-order chi connectivity index (χ0) is 16.7. The summed E-state index contributed by atoms with van der Waals surface area (Å²) in [6, 6.07) is 14.4. The SMILES string of the molecule is C=C(C)Oc1ccc2nc(-c3cc4ccccc4o3)oc(=O)c2c1. The lowest BCUT2D eigenvalue weighted by Crippen LogP contribution is -2.03. The molecule has 0 N–H and O–H groups in total. The van der Waals surface area contributed by atoms with E-state index in [1.54, 1.807) is 31.2 Å². The lowest BCUT2D eigenvalue weighted by atomic mass is 10.2. The lowest BCUT2D eigenvalue weighted by Gasteiger charge is -2.05. The molecule has 2 heterocycles. The molecule has 0 saturated heterocycles. The summed E-state index contributed by atoms with van der Waals surface area (Å²) in [5.41, 5.74) is 0.723. The quantitative estimate of drug-likeness (QED) is 0.520. The number of benzene rings is 2. The predicted molar refractivity (Wildman–Crippen MR) is 90.9 cm³/mol. The summed E-state index contributed by atoms with van der Waals surface area (Å²) in [5.74, 6) is 1.61. The van der Waals surface area contributed by atoms with Crippen molar-refractivity contribution < 1.29 is 13.6 Å². The second-order valence-electron chi connectivity index (χ2n) is 5.44. The van der Waals surface area contributed by atoms with Gasteiger partial charge in [-0.15, -0.1) is 0 Å². The number of furan rings is 1. The maximum atomic E-state index is 12.3. The van der Waals surface area contributed by atoms with Crippen LogP contribution >= 0.6 is 0 Å². The summed E-state index contributed by atoms with van der Waals surface area (Å²) in [4.78, 5) is 16.7. The summed E-state index contributed by atoms with van der Waals surface area (Å²) in [5, 5.41) is 1.26. The largest absolute Gasteiger partial charge is 0.463 e. The molecule has 0 aliphatic heterocycles. The molecule has 0 saturated carbocycles. The van der Waals surface area contributed by atoms with Crippen LogP contribution in [0.3, 0.4) is 0 Å². The summed E-state index contributed by atoms with van der Waals surface area (Å²) in [6.45, 7) is 5.41. The Morgan fingerprint density at radius 2 is 1.96 bits per heavy atom. The van der Waals surface area contributed by atoms with Crippen LogP contribution in [0.15, 0.2) is 74.5 Å². The lowest BCUT2D eigenvalue weighted by molar-refractivity contribution is 0.430. The first-order chi connectivity index (χ1) is 11.6. The number of hydrogen-bond acceptors (Lipinski definition) is 5. The highest BCUT2D eigenvalue weighted by Crippen LogP contribution is 2.27. The van der Waals surface area contributed by atoms with E-state index in [0.29, 0.717) is 33.8 Å². The average molecular weight is 319 g/mol. The molecule has 24 heavy (non-hydrogen) atoms. The van der Waals surface area contributed by atoms with Crippen molar-refractivity contribution in [3.8, 4) is 17.4 Å². The van der Waals surface area contributed by atoms with Crippen LogP contribution in [0, 0.1) is 0 Å². The van der Waals surface area contributed by atoms with Gasteiger partial charge in [-0.1, -0.05) is 24.8 Å². The number of fused-ring (bicyclic) bond motifs is 2. The minimum Gasteiger partial charge on any atom is -0.463 e. The first-order valence-corrected chi connectivity index (χ1v) is 7.37. The number of para-hydroxylation sites is 1. The summed E-state index contributed by atoms with van der Waals surface area (Å²) in [6.07, 6.45) is 0. The van der Waals surface area contributed by atoms with E-state index in [4.69, 9.17) is 13.6 Å². The smallest absolute Gasteiger partial charge is 0.347 e. The molecular weight excluding hydrogens is 306 g/mol. The van der Waals surface area contributed by atoms with Crippen molar-refractivity contribution in [2.45, 2.75) is 6.92 Å². The topological polar surface area (TPSA) is 65.5 Å². The third-order valence-electron chi connectivity index (χ3n) is 3.53. The number of ether oxygens (including phenoxy) is 1. The van der Waals surface area contributed by atoms with Gasteiger partial charge in [-0.2, -0.15) is 0 Å². The van der Waals surface area contributed by atoms with E-state index in [0.717, 1.165) is 5.39 Å². The van der Waals surface area contributed by atoms with Crippen molar-refractivity contribution in [2.75, 3.05) is 0 Å². The second kappa shape index (κ2) is 5.38. The second-order valence-corrected chi connectivity index (χ2v) is 5.44. The van der Waals surface area contributed by atoms with Crippen molar-refractivity contribution in [1.29, 1.82) is 0 Å². The Morgan fingerprint density at radius 3 is 2.75 bits per heavy atom. The summed E-state index contributed by atoms with van der Waals surface area (Å²) in [7, 11) is 0. The van der Waals surface area contributed by atoms with Gasteiger partial charge in [-0.05, 0) is 37.3 Å². The average Bonchev–Trinajstić information content (AvgIpc) is 2.99. The van der Waals surface area contributed by atoms with Crippen LogP contribution in [0.2, 0.25) is 0 Å². The Bertz CT molecular complexity index is 1100. The Balaban J connectivity index is 1.85. The van der Waals surface area contributed by atoms with Crippen LogP contribution in [-0.4, -0.2) is 4.98 Å². The van der Waals surface area contributed by atoms with Crippen molar-refractivity contribution in [2.24, 2.45) is 0 Å². The molecule has 0 bridgehead atoms. The molecule has 2 aromatic carbocycles. The molecule has 0 aliphatic carbocycles. The molecule has 5 heteroatoms. The van der Waals surface area contributed by atoms with Gasteiger partial charge in [0, 0.05) is 5.39 Å². The molecule has 4 rings (SSSR count). The molecule has 2 aromatic heterocycles. The van der Waals surface area contributed by atoms with E-state index in [9.17, 15) is 4.79 Å². The van der Waals surface area contributed by atoms with Gasteiger partial charge in [0.1, 0.15) is 11.3 Å². The normalized spacial score (nSPS) is 11.0. The van der Waals surface area contributed by atoms with Gasteiger partial charge in [-0.25, -0.2) is 9.78 Å². The maximum Gasteiger partial charge on any atom is 0.347 e. The van der Waals surface area contributed by atoms with Gasteiger partial charge >= 0.3 is 5.63 Å². The maximum absolute atomic E-state index is 12.3. The van der Waals surface area contributed by atoms with E-state index in [1.165, 1.54) is 0 Å². The minimum atomic E-state index is -0.498. The molecule has 0 amide bonds. The van der Waals surface area contributed by atoms with Crippen LogP contribution in [0.1, 0.15) is 6.92 Å². The van der Waals surface area contributed by atoms with Crippen molar-refractivity contribution >= 4 is 21.9 Å². The molecular formula is C19H13NO4. The minimum absolute atomic E-state index is 0.150. The van der Waals surface area contributed by atoms with Gasteiger partial charge in [0.05, 0.1) is 16.7 Å². The highest BCUT2D eigenvalue weighted by Gasteiger charge is 2.13. The third-order valence-corrected chi connectivity index (χ3v) is 3.53. The van der Waals surface area contributed by atoms with Gasteiger partial charge in [-0.3, -0.25) is 0 Å². The highest BCUT2D eigenvalue weighted by molar-refractivity contribution is 5.83. The summed E-state index contributed by atoms with van der Waals surface area (Å²) < 4.78 is 16.4. The third kappa shape index (κ3) is 2.46. The Morgan fingerprint density at radius 1 is 1.12 bits per heavy atom. The van der Waals surface area contributed by atoms with Crippen LogP contribution in [-0.2, 0) is 0 Å². The predicted octanol–water partition coefficient (Wildman–Crippen LogP) is 4.51. The molecule has 0 radical (unpaired) electrons. The number of rotatable bonds is 3. The molecule has 4 aromatic rings. The van der Waals surface area contributed by atoms with E-state index in [-0.39, 0.29) is 5.89 Å². The fraction of sp³-hybridized carbons (Fsp3) is 0.0526. The number of aromatic nitrogens is 1. The number of hydrogen-bond donors (Lipinski definition) is 0. The Kier molecular flexibility index (Phi) is 3.20. The van der Waals surface area contributed by atoms with Gasteiger partial charge in [0.2, 0.25) is 0 Å². The number of allylic oxidation sites excluding steroid dienone is 1. The molecule has 0 fully saturated rings. The zero-order valence-corrected chi connectivity index (χ0v) is 12.9. The van der Waals surface area contributed by atoms with E-state index in [1.807, 2.05) is 24.3 Å². The van der Waals surface area contributed by atoms with Crippen molar-refractivity contribution in [1.82, 2.24) is 4.98 Å². The molecule has 0 spiro atoms. The van der Waals surface area contributed by atoms with Gasteiger partial charge < -0.3 is 13.6 Å². The fourth-order valence-electron chi connectivity index (χ4n) is 2.51. The monoisotopic (exact) mass is 319 g/mol. The van der Waals surface area contributed by atoms with E-state index < -0.39 is 5.63 Å². The standard InChI is InChI=1S/C19H13NO4/c1-11(2)22-13-7-8-15-14(10-13)19(21)24-18(20-15)17-9-12-5-3-4-6-16(12)23-17/h3-10H,1H2,2H3. The number of nitrogens with zero attached hydrogens (tertiary/aromatic N) is 1. The van der Waals surface area contributed by atoms with Crippen LogP contribution in [0.25, 0.3) is 33.5 Å². The molecule has 0 atom stereocenters. The molecule has 0 aliphatic rings. The molecule has 0 unspecified atom stereocenters. The van der Waals surface area contributed by atoms with Crippen molar-refractivity contribution in [3.05, 3.63) is 71.3 Å². The van der Waals surface area contributed by atoms with E-state index in [2.05, 4.69) is 11.6 Å². The van der Waals surface area contributed by atoms with Crippen LogP contribution < -0.4 is 10.4 Å². The summed E-state index contributed by atoms with van der Waals surface area (Å²) >= 11 is 0. The van der Waals surface area contributed by atoms with Gasteiger partial charge in [0.25, 0.3) is 5.89 Å². The Labute approximate surface area is 136 Å². The molecule has 118 valence electrons. The van der Waals surface area contributed by atoms with E-state index >= 15 is 0 Å². The zero-order valence-electron chi connectivity index (χ0n) is 12.9. The van der Waals surface area contributed by atoms with Crippen molar-refractivity contribution in [3.63, 3.8) is 0 Å². The van der Waals surface area contributed by atoms with Crippen LogP contribution in [0.4, 0.5) is 0 Å². The first kappa shape index (κ1) is 14.3. The van der Waals surface area contributed by atoms with Crippen LogP contribution in [0.5, 0.6) is 5.75 Å². The fourth-order valence-corrected chi connectivity index (χ4v) is 2.51. The highest BCUT2D eigenvalue weighted by atomic mass is 16.5. The first-order valence-electron chi connectivity index (χ1n) is 7.37. The molecule has 5 nitrogen and oxygen atoms in total. The van der Waals surface area contributed by atoms with Gasteiger partial charge in [0.15, 0.2) is 5.76 Å².